The molecule has 0 aliphatic heterocycles. The Balaban J connectivity index is 2.76. The molecule has 0 bridgehead atoms. The summed E-state index contributed by atoms with van der Waals surface area (Å²) >= 11 is 1.54. The van der Waals surface area contributed by atoms with Crippen molar-refractivity contribution in [2.45, 2.75) is 6.92 Å². The first-order chi connectivity index (χ1) is 5.25. The van der Waals surface area contributed by atoms with Crippen LogP contribution in [0.1, 0.15) is 10.6 Å². The monoisotopic (exact) mass is 170 g/mol. The first-order valence-electron chi connectivity index (χ1n) is 3.14. The molecule has 0 saturated heterocycles. The van der Waals surface area contributed by atoms with E-state index in [-0.39, 0.29) is 0 Å². The van der Waals surface area contributed by atoms with Crippen molar-refractivity contribution in [2.24, 2.45) is 0 Å². The van der Waals surface area contributed by atoms with Crippen molar-refractivity contribution in [1.29, 1.82) is 0 Å². The number of nitrogens with zero attached hydrogens (tertiary/aromatic N) is 1. The minimum atomic E-state index is 0.757. The molecule has 1 heterocycles. The van der Waals surface area contributed by atoms with Crippen LogP contribution in [0.15, 0.2) is 12.1 Å². The Kier molecular flexibility index (Phi) is 2.62. The standard InChI is InChI=1S/C7H10N2OS/c1-5-7(11-4-8-5)6(2)9-10-3/h4,9H,2H2,1,3H3. The Morgan fingerprint density at radius 2 is 2.55 bits per heavy atom. The second-order valence-electron chi connectivity index (χ2n) is 2.05. The molecule has 0 radical (unpaired) electrons. The molecule has 1 N–H and O–H groups in total. The van der Waals surface area contributed by atoms with Gasteiger partial charge in [0.2, 0.25) is 0 Å². The van der Waals surface area contributed by atoms with Crippen LogP contribution < -0.4 is 5.48 Å². The third-order valence-corrected chi connectivity index (χ3v) is 2.23. The van der Waals surface area contributed by atoms with Gasteiger partial charge in [0.25, 0.3) is 0 Å². The average molecular weight is 170 g/mol. The van der Waals surface area contributed by atoms with Gasteiger partial charge in [0.1, 0.15) is 0 Å². The highest BCUT2D eigenvalue weighted by Crippen LogP contribution is 2.18. The molecule has 0 aliphatic carbocycles. The first kappa shape index (κ1) is 8.23. The van der Waals surface area contributed by atoms with Crippen molar-refractivity contribution in [3.05, 3.63) is 22.7 Å². The van der Waals surface area contributed by atoms with Gasteiger partial charge in [-0.1, -0.05) is 6.58 Å². The SMILES string of the molecule is C=C(NOC)c1scnc1C. The molecule has 3 nitrogen and oxygen atoms in total. The predicted molar refractivity (Wildman–Crippen MR) is 46.0 cm³/mol. The lowest BCUT2D eigenvalue weighted by atomic mass is 10.3. The Labute approximate surface area is 69.7 Å². The fraction of sp³-hybridized carbons (Fsp3) is 0.286. The molecule has 1 aromatic rings. The van der Waals surface area contributed by atoms with Gasteiger partial charge in [-0.15, -0.1) is 11.3 Å². The number of hydrogen-bond donors (Lipinski definition) is 1. The summed E-state index contributed by atoms with van der Waals surface area (Å²) < 4.78 is 0. The van der Waals surface area contributed by atoms with Gasteiger partial charge >= 0.3 is 0 Å². The third kappa shape index (κ3) is 1.78. The third-order valence-electron chi connectivity index (χ3n) is 1.24. The van der Waals surface area contributed by atoms with Gasteiger partial charge in [0, 0.05) is 0 Å². The summed E-state index contributed by atoms with van der Waals surface area (Å²) in [5, 5.41) is 0. The van der Waals surface area contributed by atoms with Crippen LogP contribution in [0, 0.1) is 6.92 Å². The maximum atomic E-state index is 4.71. The summed E-state index contributed by atoms with van der Waals surface area (Å²) in [5.74, 6) is 0. The maximum Gasteiger partial charge on any atom is 0.0801 e. The molecule has 0 aliphatic rings. The van der Waals surface area contributed by atoms with Gasteiger partial charge in [-0.05, 0) is 6.92 Å². The molecule has 1 aromatic heterocycles. The molecule has 0 saturated carbocycles. The number of nitrogens with one attached hydrogen (secondary N) is 1. The second kappa shape index (κ2) is 3.50. The Morgan fingerprint density at radius 3 is 3.00 bits per heavy atom. The lowest BCUT2D eigenvalue weighted by Crippen LogP contribution is -2.08. The largest absolute Gasteiger partial charge is 0.279 e. The molecule has 0 atom stereocenters. The highest BCUT2D eigenvalue weighted by molar-refractivity contribution is 7.10. The summed E-state index contributed by atoms with van der Waals surface area (Å²) in [6, 6.07) is 0. The van der Waals surface area contributed by atoms with E-state index >= 15 is 0 Å². The van der Waals surface area contributed by atoms with Gasteiger partial charge in [-0.25, -0.2) is 4.98 Å². The number of aryl methyl sites for hydroxylation is 1. The number of hydrogen-bond acceptors (Lipinski definition) is 4. The van der Waals surface area contributed by atoms with Gasteiger partial charge in [-0.3, -0.25) is 10.3 Å². The van der Waals surface area contributed by atoms with E-state index in [1.165, 1.54) is 0 Å². The van der Waals surface area contributed by atoms with Crippen LogP contribution >= 0.6 is 11.3 Å². The van der Waals surface area contributed by atoms with Crippen LogP contribution in [-0.2, 0) is 4.84 Å². The van der Waals surface area contributed by atoms with E-state index in [0.29, 0.717) is 0 Å². The smallest absolute Gasteiger partial charge is 0.0801 e. The molecule has 1 rings (SSSR count). The molecule has 0 spiro atoms. The molecule has 0 aromatic carbocycles. The van der Waals surface area contributed by atoms with E-state index in [1.807, 2.05) is 6.92 Å². The fourth-order valence-electron chi connectivity index (χ4n) is 0.761. The number of aromatic nitrogens is 1. The van der Waals surface area contributed by atoms with E-state index in [9.17, 15) is 0 Å². The number of thiazole rings is 1. The van der Waals surface area contributed by atoms with Crippen LogP contribution in [0.3, 0.4) is 0 Å². The van der Waals surface area contributed by atoms with Crippen LogP contribution in [0.25, 0.3) is 5.70 Å². The maximum absolute atomic E-state index is 4.71. The zero-order valence-corrected chi connectivity index (χ0v) is 7.36. The van der Waals surface area contributed by atoms with Crippen molar-refractivity contribution in [2.75, 3.05) is 7.11 Å². The van der Waals surface area contributed by atoms with Gasteiger partial charge in [0.05, 0.1) is 28.9 Å². The minimum Gasteiger partial charge on any atom is -0.279 e. The zero-order chi connectivity index (χ0) is 8.27. The molecule has 60 valence electrons. The zero-order valence-electron chi connectivity index (χ0n) is 6.55. The van der Waals surface area contributed by atoms with Crippen LogP contribution in [0.4, 0.5) is 0 Å². The van der Waals surface area contributed by atoms with Gasteiger partial charge in [-0.2, -0.15) is 0 Å². The van der Waals surface area contributed by atoms with Gasteiger partial charge in [0.15, 0.2) is 0 Å². The van der Waals surface area contributed by atoms with E-state index in [1.54, 1.807) is 24.0 Å². The molecule has 4 heteroatoms. The summed E-state index contributed by atoms with van der Waals surface area (Å²) in [5.41, 5.74) is 6.18. The normalized spacial score (nSPS) is 9.64. The summed E-state index contributed by atoms with van der Waals surface area (Å²) in [6.07, 6.45) is 0. The molecule has 11 heavy (non-hydrogen) atoms. The number of hydroxylamine groups is 1. The Bertz CT molecular complexity index is 257. The van der Waals surface area contributed by atoms with Crippen molar-refractivity contribution >= 4 is 17.0 Å². The van der Waals surface area contributed by atoms with Crippen molar-refractivity contribution in [1.82, 2.24) is 10.5 Å². The van der Waals surface area contributed by atoms with Crippen molar-refractivity contribution in [3.63, 3.8) is 0 Å². The summed E-state index contributed by atoms with van der Waals surface area (Å²) in [7, 11) is 1.56. The lowest BCUT2D eigenvalue weighted by Gasteiger charge is -2.03. The molecule has 0 fully saturated rings. The van der Waals surface area contributed by atoms with E-state index in [0.717, 1.165) is 16.3 Å². The van der Waals surface area contributed by atoms with Gasteiger partial charge < -0.3 is 0 Å². The molecule has 0 amide bonds. The average Bonchev–Trinajstić information content (AvgIpc) is 2.36. The highest BCUT2D eigenvalue weighted by Gasteiger charge is 2.03. The Hall–Kier alpha value is -0.870. The molecular formula is C7H10N2OS. The first-order valence-corrected chi connectivity index (χ1v) is 4.02. The summed E-state index contributed by atoms with van der Waals surface area (Å²) in [4.78, 5) is 9.83. The van der Waals surface area contributed by atoms with Crippen molar-refractivity contribution in [3.8, 4) is 0 Å². The minimum absolute atomic E-state index is 0.757. The van der Waals surface area contributed by atoms with Crippen LogP contribution in [-0.4, -0.2) is 12.1 Å². The topological polar surface area (TPSA) is 34.1 Å². The van der Waals surface area contributed by atoms with E-state index in [4.69, 9.17) is 4.84 Å². The van der Waals surface area contributed by atoms with Crippen molar-refractivity contribution < 1.29 is 4.84 Å². The van der Waals surface area contributed by atoms with Crippen LogP contribution in [0.2, 0.25) is 0 Å². The van der Waals surface area contributed by atoms with E-state index in [2.05, 4.69) is 17.0 Å². The number of rotatable bonds is 3. The quantitative estimate of drug-likeness (QED) is 0.699. The Morgan fingerprint density at radius 1 is 1.82 bits per heavy atom. The second-order valence-corrected chi connectivity index (χ2v) is 2.91. The summed E-state index contributed by atoms with van der Waals surface area (Å²) in [6.45, 7) is 5.72. The predicted octanol–water partition coefficient (Wildman–Crippen LogP) is 1.57. The highest BCUT2D eigenvalue weighted by atomic mass is 32.1. The molecular weight excluding hydrogens is 160 g/mol. The lowest BCUT2D eigenvalue weighted by molar-refractivity contribution is 0.137. The van der Waals surface area contributed by atoms with E-state index < -0.39 is 0 Å². The molecule has 0 unspecified atom stereocenters. The fourth-order valence-corrected chi connectivity index (χ4v) is 1.48. The van der Waals surface area contributed by atoms with Crippen LogP contribution in [0.5, 0.6) is 0 Å².